The Morgan fingerprint density at radius 2 is 1.75 bits per heavy atom. The highest BCUT2D eigenvalue weighted by molar-refractivity contribution is 5.34. The molecule has 0 amide bonds. The second-order valence-corrected chi connectivity index (χ2v) is 6.27. The number of rotatable bonds is 6. The molecule has 1 heterocycles. The standard InChI is InChI=1S/C19H23N5/c1-4-19(3,20-14-16-8-6-5-7-9-16)18-21-22-23-24(18)17-12-10-15(2)11-13-17/h5-13,20H,4,14H2,1-3H3/t19-/m0/s1. The summed E-state index contributed by atoms with van der Waals surface area (Å²) in [7, 11) is 0. The summed E-state index contributed by atoms with van der Waals surface area (Å²) in [5.41, 5.74) is 3.12. The number of hydrogen-bond donors (Lipinski definition) is 1. The van der Waals surface area contributed by atoms with E-state index in [4.69, 9.17) is 0 Å². The lowest BCUT2D eigenvalue weighted by Crippen LogP contribution is -2.41. The highest BCUT2D eigenvalue weighted by Gasteiger charge is 2.31. The van der Waals surface area contributed by atoms with E-state index in [2.05, 4.69) is 78.0 Å². The summed E-state index contributed by atoms with van der Waals surface area (Å²) < 4.78 is 1.82. The van der Waals surface area contributed by atoms with Gasteiger partial charge in [0.2, 0.25) is 0 Å². The number of tetrazole rings is 1. The van der Waals surface area contributed by atoms with E-state index in [0.29, 0.717) is 0 Å². The molecule has 0 bridgehead atoms. The molecule has 0 spiro atoms. The molecular formula is C19H23N5. The van der Waals surface area contributed by atoms with Gasteiger partial charge in [-0.1, -0.05) is 55.0 Å². The fourth-order valence-corrected chi connectivity index (χ4v) is 2.65. The summed E-state index contributed by atoms with van der Waals surface area (Å²) in [6.45, 7) is 7.13. The highest BCUT2D eigenvalue weighted by atomic mass is 15.6. The Bertz CT molecular complexity index is 779. The van der Waals surface area contributed by atoms with Crippen molar-refractivity contribution < 1.29 is 0 Å². The first-order valence-electron chi connectivity index (χ1n) is 8.27. The van der Waals surface area contributed by atoms with Gasteiger partial charge in [-0.2, -0.15) is 4.68 Å². The number of benzene rings is 2. The molecule has 0 unspecified atom stereocenters. The maximum Gasteiger partial charge on any atom is 0.176 e. The van der Waals surface area contributed by atoms with E-state index >= 15 is 0 Å². The lowest BCUT2D eigenvalue weighted by Gasteiger charge is -2.28. The fraction of sp³-hybridized carbons (Fsp3) is 0.316. The molecule has 1 atom stereocenters. The largest absolute Gasteiger partial charge is 0.301 e. The Kier molecular flexibility index (Phi) is 4.71. The Morgan fingerprint density at radius 3 is 2.42 bits per heavy atom. The Balaban J connectivity index is 1.88. The van der Waals surface area contributed by atoms with Crippen LogP contribution >= 0.6 is 0 Å². The molecule has 0 aliphatic carbocycles. The predicted molar refractivity (Wildman–Crippen MR) is 94.8 cm³/mol. The summed E-state index contributed by atoms with van der Waals surface area (Å²) >= 11 is 0. The van der Waals surface area contributed by atoms with Crippen molar-refractivity contribution in [2.45, 2.75) is 39.3 Å². The first-order chi connectivity index (χ1) is 11.6. The zero-order valence-corrected chi connectivity index (χ0v) is 14.4. The van der Waals surface area contributed by atoms with Crippen molar-refractivity contribution in [3.63, 3.8) is 0 Å². The SMILES string of the molecule is CC[C@](C)(NCc1ccccc1)c1nnnn1-c1ccc(C)cc1. The zero-order chi connectivity index (χ0) is 17.0. The molecule has 2 aromatic carbocycles. The maximum atomic E-state index is 4.31. The van der Waals surface area contributed by atoms with Gasteiger partial charge in [-0.25, -0.2) is 0 Å². The number of nitrogens with zero attached hydrogens (tertiary/aromatic N) is 4. The van der Waals surface area contributed by atoms with Crippen LogP contribution in [0.2, 0.25) is 0 Å². The summed E-state index contributed by atoms with van der Waals surface area (Å²) in [5, 5.41) is 16.0. The number of aromatic nitrogens is 4. The van der Waals surface area contributed by atoms with E-state index < -0.39 is 0 Å². The molecule has 0 saturated carbocycles. The van der Waals surface area contributed by atoms with E-state index in [1.807, 2.05) is 22.9 Å². The minimum Gasteiger partial charge on any atom is -0.301 e. The minimum absolute atomic E-state index is 0.315. The normalized spacial score (nSPS) is 13.6. The van der Waals surface area contributed by atoms with Crippen LogP contribution in [-0.4, -0.2) is 20.2 Å². The monoisotopic (exact) mass is 321 g/mol. The third-order valence-electron chi connectivity index (χ3n) is 4.47. The van der Waals surface area contributed by atoms with Crippen LogP contribution in [0.4, 0.5) is 0 Å². The predicted octanol–water partition coefficient (Wildman–Crippen LogP) is 3.39. The first-order valence-corrected chi connectivity index (χ1v) is 8.27. The van der Waals surface area contributed by atoms with Crippen molar-refractivity contribution in [1.29, 1.82) is 0 Å². The molecule has 5 nitrogen and oxygen atoms in total. The molecular weight excluding hydrogens is 298 g/mol. The molecule has 24 heavy (non-hydrogen) atoms. The second kappa shape index (κ2) is 6.93. The van der Waals surface area contributed by atoms with Gasteiger partial charge in [0.1, 0.15) is 0 Å². The van der Waals surface area contributed by atoms with Crippen LogP contribution in [0, 0.1) is 6.92 Å². The van der Waals surface area contributed by atoms with Gasteiger partial charge in [0.15, 0.2) is 5.82 Å². The molecule has 1 N–H and O–H groups in total. The average molecular weight is 321 g/mol. The lowest BCUT2D eigenvalue weighted by atomic mass is 9.97. The Labute approximate surface area is 142 Å². The van der Waals surface area contributed by atoms with Crippen LogP contribution < -0.4 is 5.32 Å². The summed E-state index contributed by atoms with van der Waals surface area (Å²) in [6.07, 6.45) is 0.881. The topological polar surface area (TPSA) is 55.6 Å². The van der Waals surface area contributed by atoms with Crippen molar-refractivity contribution in [1.82, 2.24) is 25.5 Å². The van der Waals surface area contributed by atoms with Crippen LogP contribution in [0.15, 0.2) is 54.6 Å². The summed E-state index contributed by atoms with van der Waals surface area (Å²) in [4.78, 5) is 0. The van der Waals surface area contributed by atoms with Gasteiger partial charge < -0.3 is 5.32 Å². The van der Waals surface area contributed by atoms with Gasteiger partial charge in [0.05, 0.1) is 11.2 Å². The van der Waals surface area contributed by atoms with Crippen molar-refractivity contribution in [2.24, 2.45) is 0 Å². The molecule has 0 saturated heterocycles. The first kappa shape index (κ1) is 16.3. The van der Waals surface area contributed by atoms with Gasteiger partial charge in [-0.05, 0) is 48.4 Å². The van der Waals surface area contributed by atoms with Crippen LogP contribution in [0.25, 0.3) is 5.69 Å². The molecule has 124 valence electrons. The number of aryl methyl sites for hydroxylation is 1. The molecule has 0 fully saturated rings. The van der Waals surface area contributed by atoms with Gasteiger partial charge in [0.25, 0.3) is 0 Å². The third kappa shape index (κ3) is 3.36. The Morgan fingerprint density at radius 1 is 1.04 bits per heavy atom. The van der Waals surface area contributed by atoms with E-state index in [1.165, 1.54) is 11.1 Å². The molecule has 3 aromatic rings. The molecule has 0 radical (unpaired) electrons. The van der Waals surface area contributed by atoms with Crippen LogP contribution in [-0.2, 0) is 12.1 Å². The van der Waals surface area contributed by atoms with E-state index in [-0.39, 0.29) is 5.54 Å². The lowest BCUT2D eigenvalue weighted by molar-refractivity contribution is 0.324. The molecule has 5 heteroatoms. The summed E-state index contributed by atoms with van der Waals surface area (Å²) in [5.74, 6) is 0.824. The minimum atomic E-state index is -0.315. The molecule has 3 rings (SSSR count). The third-order valence-corrected chi connectivity index (χ3v) is 4.47. The van der Waals surface area contributed by atoms with Gasteiger partial charge in [-0.15, -0.1) is 5.10 Å². The second-order valence-electron chi connectivity index (χ2n) is 6.27. The Hall–Kier alpha value is -2.53. The number of hydrogen-bond acceptors (Lipinski definition) is 4. The van der Waals surface area contributed by atoms with Crippen LogP contribution in [0.3, 0.4) is 0 Å². The number of nitrogens with one attached hydrogen (secondary N) is 1. The van der Waals surface area contributed by atoms with Crippen molar-refractivity contribution in [2.75, 3.05) is 0 Å². The summed E-state index contributed by atoms with van der Waals surface area (Å²) in [6, 6.07) is 18.6. The van der Waals surface area contributed by atoms with Crippen molar-refractivity contribution in [3.05, 3.63) is 71.5 Å². The zero-order valence-electron chi connectivity index (χ0n) is 14.4. The van der Waals surface area contributed by atoms with E-state index in [0.717, 1.165) is 24.5 Å². The average Bonchev–Trinajstić information content (AvgIpc) is 3.12. The van der Waals surface area contributed by atoms with E-state index in [1.54, 1.807) is 0 Å². The van der Waals surface area contributed by atoms with Crippen molar-refractivity contribution >= 4 is 0 Å². The molecule has 0 aliphatic heterocycles. The van der Waals surface area contributed by atoms with Crippen LogP contribution in [0.5, 0.6) is 0 Å². The fourth-order valence-electron chi connectivity index (χ4n) is 2.65. The van der Waals surface area contributed by atoms with E-state index in [9.17, 15) is 0 Å². The smallest absolute Gasteiger partial charge is 0.176 e. The quantitative estimate of drug-likeness (QED) is 0.756. The van der Waals surface area contributed by atoms with Crippen LogP contribution in [0.1, 0.15) is 37.2 Å². The van der Waals surface area contributed by atoms with Gasteiger partial charge >= 0.3 is 0 Å². The van der Waals surface area contributed by atoms with Gasteiger partial charge in [-0.3, -0.25) is 0 Å². The maximum absolute atomic E-state index is 4.31. The molecule has 0 aliphatic rings. The van der Waals surface area contributed by atoms with Crippen molar-refractivity contribution in [3.8, 4) is 5.69 Å². The highest BCUT2D eigenvalue weighted by Crippen LogP contribution is 2.24. The molecule has 1 aromatic heterocycles. The van der Waals surface area contributed by atoms with Gasteiger partial charge in [0, 0.05) is 6.54 Å².